The maximum absolute atomic E-state index is 13.7. The van der Waals surface area contributed by atoms with E-state index in [0.717, 1.165) is 49.6 Å². The van der Waals surface area contributed by atoms with Crippen LogP contribution in [0.2, 0.25) is 0 Å². The molecular weight excluding hydrogens is 478 g/mol. The zero-order chi connectivity index (χ0) is 26.1. The van der Waals surface area contributed by atoms with Crippen molar-refractivity contribution in [3.05, 3.63) is 59.4 Å². The highest BCUT2D eigenvalue weighted by atomic mass is 19.4. The van der Waals surface area contributed by atoms with E-state index in [4.69, 9.17) is 4.74 Å². The molecule has 2 aromatic carbocycles. The molecule has 3 rings (SSSR count). The van der Waals surface area contributed by atoms with Gasteiger partial charge in [0.05, 0.1) is 18.6 Å². The van der Waals surface area contributed by atoms with Crippen LogP contribution in [0.4, 0.5) is 23.2 Å². The summed E-state index contributed by atoms with van der Waals surface area (Å²) < 4.78 is 57.8. The molecule has 10 heteroatoms. The summed E-state index contributed by atoms with van der Waals surface area (Å²) in [4.78, 5) is 25.6. The largest absolute Gasteiger partial charge is 0.497 e. The highest BCUT2D eigenvalue weighted by molar-refractivity contribution is 5.94. The van der Waals surface area contributed by atoms with Crippen LogP contribution in [0.3, 0.4) is 0 Å². The van der Waals surface area contributed by atoms with Crippen molar-refractivity contribution in [3.63, 3.8) is 0 Å². The van der Waals surface area contributed by atoms with Gasteiger partial charge in [-0.05, 0) is 61.2 Å². The summed E-state index contributed by atoms with van der Waals surface area (Å²) >= 11 is 0. The lowest BCUT2D eigenvalue weighted by molar-refractivity contribution is -0.137. The number of ether oxygens (including phenoxy) is 1. The number of amides is 2. The number of carbonyl (C=O) groups excluding carboxylic acids is 2. The van der Waals surface area contributed by atoms with Crippen LogP contribution in [0.15, 0.2) is 42.5 Å². The Balaban J connectivity index is 1.58. The van der Waals surface area contributed by atoms with Gasteiger partial charge in [-0.1, -0.05) is 19.3 Å². The van der Waals surface area contributed by atoms with E-state index in [9.17, 15) is 27.2 Å². The molecule has 196 valence electrons. The van der Waals surface area contributed by atoms with Gasteiger partial charge in [0, 0.05) is 30.9 Å². The average Bonchev–Trinajstić information content (AvgIpc) is 2.86. The number of alkyl halides is 3. The third-order valence-corrected chi connectivity index (χ3v) is 6.37. The lowest BCUT2D eigenvalue weighted by Gasteiger charge is -2.29. The first-order chi connectivity index (χ1) is 17.2. The highest BCUT2D eigenvalue weighted by Crippen LogP contribution is 2.31. The van der Waals surface area contributed by atoms with Crippen LogP contribution in [0.1, 0.15) is 48.0 Å². The van der Waals surface area contributed by atoms with E-state index in [1.54, 1.807) is 7.11 Å². The molecule has 36 heavy (non-hydrogen) atoms. The van der Waals surface area contributed by atoms with E-state index in [2.05, 4.69) is 16.0 Å². The molecule has 1 atom stereocenters. The van der Waals surface area contributed by atoms with Crippen molar-refractivity contribution in [1.82, 2.24) is 10.6 Å². The number of anilines is 1. The molecule has 1 aliphatic rings. The van der Waals surface area contributed by atoms with Gasteiger partial charge in [0.2, 0.25) is 5.91 Å². The third kappa shape index (κ3) is 7.86. The van der Waals surface area contributed by atoms with Crippen molar-refractivity contribution >= 4 is 17.5 Å². The first-order valence-corrected chi connectivity index (χ1v) is 12.0. The first kappa shape index (κ1) is 27.3. The fraction of sp³-hybridized carbons (Fsp3) is 0.462. The summed E-state index contributed by atoms with van der Waals surface area (Å²) in [7, 11) is 1.58. The normalized spacial score (nSPS) is 15.1. The van der Waals surface area contributed by atoms with E-state index < -0.39 is 34.9 Å². The zero-order valence-corrected chi connectivity index (χ0v) is 20.1. The van der Waals surface area contributed by atoms with Crippen LogP contribution in [0.25, 0.3) is 0 Å². The Kier molecular flexibility index (Phi) is 9.55. The van der Waals surface area contributed by atoms with Gasteiger partial charge in [0.15, 0.2) is 0 Å². The lowest BCUT2D eigenvalue weighted by Crippen LogP contribution is -2.44. The molecule has 0 aliphatic heterocycles. The van der Waals surface area contributed by atoms with Gasteiger partial charge >= 0.3 is 6.18 Å². The number of halogens is 4. The van der Waals surface area contributed by atoms with Crippen LogP contribution < -0.4 is 20.7 Å². The van der Waals surface area contributed by atoms with Crippen LogP contribution in [-0.4, -0.2) is 38.6 Å². The van der Waals surface area contributed by atoms with Gasteiger partial charge in [0.1, 0.15) is 11.6 Å². The minimum absolute atomic E-state index is 0.0426. The fourth-order valence-corrected chi connectivity index (χ4v) is 4.43. The monoisotopic (exact) mass is 509 g/mol. The summed E-state index contributed by atoms with van der Waals surface area (Å²) in [5, 5.41) is 8.63. The maximum Gasteiger partial charge on any atom is 0.416 e. The van der Waals surface area contributed by atoms with E-state index >= 15 is 0 Å². The number of hydrogen-bond donors (Lipinski definition) is 3. The minimum atomic E-state index is -4.78. The van der Waals surface area contributed by atoms with Crippen molar-refractivity contribution in [2.24, 2.45) is 11.8 Å². The number of hydrogen-bond acceptors (Lipinski definition) is 4. The predicted octanol–water partition coefficient (Wildman–Crippen LogP) is 5.01. The van der Waals surface area contributed by atoms with Crippen molar-refractivity contribution in [2.75, 3.05) is 32.1 Å². The first-order valence-electron chi connectivity index (χ1n) is 12.0. The molecule has 0 heterocycles. The molecule has 0 bridgehead atoms. The second kappa shape index (κ2) is 12.6. The van der Waals surface area contributed by atoms with Crippen molar-refractivity contribution < 1.29 is 31.9 Å². The van der Waals surface area contributed by atoms with Crippen molar-refractivity contribution in [3.8, 4) is 5.75 Å². The Morgan fingerprint density at radius 1 is 1.00 bits per heavy atom. The van der Waals surface area contributed by atoms with Crippen molar-refractivity contribution in [1.29, 1.82) is 0 Å². The molecule has 2 amide bonds. The molecule has 0 saturated heterocycles. The third-order valence-electron chi connectivity index (χ3n) is 6.37. The van der Waals surface area contributed by atoms with Gasteiger partial charge in [-0.2, -0.15) is 13.2 Å². The molecule has 0 radical (unpaired) electrons. The second-order valence-electron chi connectivity index (χ2n) is 8.89. The number of benzene rings is 2. The summed E-state index contributed by atoms with van der Waals surface area (Å²) in [5.41, 5.74) is -0.804. The van der Waals surface area contributed by atoms with Crippen LogP contribution in [-0.2, 0) is 11.0 Å². The summed E-state index contributed by atoms with van der Waals surface area (Å²) in [6.45, 7) is 0.783. The van der Waals surface area contributed by atoms with Gasteiger partial charge in [-0.25, -0.2) is 4.39 Å². The number of carbonyl (C=O) groups is 2. The molecule has 0 aromatic heterocycles. The minimum Gasteiger partial charge on any atom is -0.497 e. The molecular formula is C26H31F4N3O3. The van der Waals surface area contributed by atoms with E-state index in [-0.39, 0.29) is 18.4 Å². The molecule has 0 spiro atoms. The fourth-order valence-electron chi connectivity index (χ4n) is 4.43. The molecule has 1 fully saturated rings. The topological polar surface area (TPSA) is 79.5 Å². The van der Waals surface area contributed by atoms with Gasteiger partial charge < -0.3 is 20.7 Å². The van der Waals surface area contributed by atoms with E-state index in [1.807, 2.05) is 24.3 Å². The molecule has 1 saturated carbocycles. The Morgan fingerprint density at radius 2 is 1.69 bits per heavy atom. The molecule has 6 nitrogen and oxygen atoms in total. The Morgan fingerprint density at radius 3 is 2.33 bits per heavy atom. The smallest absolute Gasteiger partial charge is 0.416 e. The maximum atomic E-state index is 13.7. The van der Waals surface area contributed by atoms with Gasteiger partial charge in [-0.3, -0.25) is 9.59 Å². The summed E-state index contributed by atoms with van der Waals surface area (Å²) in [6, 6.07) is 9.06. The standard InChI is InChI=1S/C26H31F4N3O3/c1-36-22-9-7-21(8-10-22)31-11-12-32-25(35)23(17-5-3-2-4-6-17)16-33-24(34)18-13-19(26(28,29)30)15-20(27)14-18/h7-10,13-15,17,23,31H,2-6,11-12,16H2,1H3,(H,32,35)(H,33,34). The van der Waals surface area contributed by atoms with Crippen LogP contribution in [0.5, 0.6) is 5.75 Å². The quantitative estimate of drug-likeness (QED) is 0.311. The molecule has 2 aromatic rings. The SMILES string of the molecule is COc1ccc(NCCNC(=O)C(CNC(=O)c2cc(F)cc(C(F)(F)F)c2)C2CCCCC2)cc1. The molecule has 1 unspecified atom stereocenters. The average molecular weight is 510 g/mol. The Hall–Kier alpha value is -3.30. The van der Waals surface area contributed by atoms with Gasteiger partial charge in [-0.15, -0.1) is 0 Å². The summed E-state index contributed by atoms with van der Waals surface area (Å²) in [6.07, 6.45) is -0.0962. The number of methoxy groups -OCH3 is 1. The second-order valence-corrected chi connectivity index (χ2v) is 8.89. The van der Waals surface area contributed by atoms with Gasteiger partial charge in [0.25, 0.3) is 5.91 Å². The lowest BCUT2D eigenvalue weighted by atomic mass is 9.79. The molecule has 1 aliphatic carbocycles. The Bertz CT molecular complexity index is 1020. The van der Waals surface area contributed by atoms with Crippen molar-refractivity contribution in [2.45, 2.75) is 38.3 Å². The zero-order valence-electron chi connectivity index (χ0n) is 20.1. The predicted molar refractivity (Wildman–Crippen MR) is 128 cm³/mol. The summed E-state index contributed by atoms with van der Waals surface area (Å²) in [5.74, 6) is -1.98. The molecule has 3 N–H and O–H groups in total. The highest BCUT2D eigenvalue weighted by Gasteiger charge is 2.33. The van der Waals surface area contributed by atoms with Crippen LogP contribution in [0, 0.1) is 17.7 Å². The van der Waals surface area contributed by atoms with Crippen LogP contribution >= 0.6 is 0 Å². The number of rotatable bonds is 10. The Labute approximate surface area is 207 Å². The van der Waals surface area contributed by atoms with E-state index in [0.29, 0.717) is 25.2 Å². The van der Waals surface area contributed by atoms with E-state index in [1.165, 1.54) is 0 Å². The number of nitrogens with one attached hydrogen (secondary N) is 3.